The lowest BCUT2D eigenvalue weighted by atomic mass is 9.92. The Morgan fingerprint density at radius 2 is 2.10 bits per heavy atom. The second-order valence-corrected chi connectivity index (χ2v) is 6.16. The summed E-state index contributed by atoms with van der Waals surface area (Å²) in [5.74, 6) is -0.423. The van der Waals surface area contributed by atoms with E-state index in [2.05, 4.69) is 20.8 Å². The molecule has 1 aliphatic heterocycles. The maximum atomic E-state index is 13.5. The van der Waals surface area contributed by atoms with Gasteiger partial charge in [0.1, 0.15) is 5.82 Å². The maximum Gasteiger partial charge on any atom is 0.303 e. The van der Waals surface area contributed by atoms with E-state index in [1.807, 2.05) is 6.07 Å². The zero-order chi connectivity index (χ0) is 14.5. The third-order valence-corrected chi connectivity index (χ3v) is 4.79. The monoisotopic (exact) mass is 343 g/mol. The largest absolute Gasteiger partial charge is 0.481 e. The fourth-order valence-electron chi connectivity index (χ4n) is 2.67. The molecule has 3 nitrogen and oxygen atoms in total. The number of carbonyl (C=O) groups is 1. The Hall–Kier alpha value is -0.940. The molecule has 2 rings (SSSR count). The van der Waals surface area contributed by atoms with Crippen molar-refractivity contribution in [2.45, 2.75) is 32.2 Å². The van der Waals surface area contributed by atoms with Crippen LogP contribution in [-0.4, -0.2) is 29.1 Å². The molecular weight excluding hydrogens is 325 g/mol. The van der Waals surface area contributed by atoms with Gasteiger partial charge in [0.2, 0.25) is 0 Å². The Morgan fingerprint density at radius 1 is 1.40 bits per heavy atom. The molecule has 1 saturated heterocycles. The molecule has 0 spiro atoms. The summed E-state index contributed by atoms with van der Waals surface area (Å²) in [7, 11) is 0. The summed E-state index contributed by atoms with van der Waals surface area (Å²) in [6.07, 6.45) is 3.09. The number of halogens is 2. The molecule has 20 heavy (non-hydrogen) atoms. The van der Waals surface area contributed by atoms with E-state index in [-0.39, 0.29) is 12.2 Å². The maximum absolute atomic E-state index is 13.5. The minimum absolute atomic E-state index is 0.223. The van der Waals surface area contributed by atoms with Crippen LogP contribution >= 0.6 is 15.9 Å². The molecule has 1 N–H and O–H groups in total. The number of carboxylic acid groups (broad SMARTS) is 1. The lowest BCUT2D eigenvalue weighted by Crippen LogP contribution is -2.33. The van der Waals surface area contributed by atoms with E-state index in [0.717, 1.165) is 44.5 Å². The van der Waals surface area contributed by atoms with Crippen molar-refractivity contribution in [3.8, 4) is 0 Å². The molecule has 1 aromatic carbocycles. The van der Waals surface area contributed by atoms with Crippen LogP contribution in [0.15, 0.2) is 22.7 Å². The van der Waals surface area contributed by atoms with Gasteiger partial charge in [0.25, 0.3) is 0 Å². The number of carboxylic acids is 1. The molecule has 1 fully saturated rings. The molecule has 0 bridgehead atoms. The van der Waals surface area contributed by atoms with Crippen LogP contribution in [0.1, 0.15) is 31.2 Å². The van der Waals surface area contributed by atoms with Crippen LogP contribution in [0.4, 0.5) is 4.39 Å². The number of nitrogens with zero attached hydrogens (tertiary/aromatic N) is 1. The van der Waals surface area contributed by atoms with E-state index in [4.69, 9.17) is 5.11 Å². The van der Waals surface area contributed by atoms with Gasteiger partial charge in [-0.3, -0.25) is 9.69 Å². The molecule has 0 unspecified atom stereocenters. The highest BCUT2D eigenvalue weighted by Gasteiger charge is 2.20. The zero-order valence-electron chi connectivity index (χ0n) is 11.3. The van der Waals surface area contributed by atoms with Crippen LogP contribution in [0.2, 0.25) is 0 Å². The first-order valence-corrected chi connectivity index (χ1v) is 7.72. The summed E-state index contributed by atoms with van der Waals surface area (Å²) in [4.78, 5) is 12.9. The van der Waals surface area contributed by atoms with Crippen LogP contribution in [0.3, 0.4) is 0 Å². The average molecular weight is 344 g/mol. The topological polar surface area (TPSA) is 40.5 Å². The van der Waals surface area contributed by atoms with Crippen molar-refractivity contribution in [1.82, 2.24) is 4.90 Å². The molecule has 0 atom stereocenters. The van der Waals surface area contributed by atoms with E-state index in [9.17, 15) is 9.18 Å². The second-order valence-electron chi connectivity index (χ2n) is 5.36. The van der Waals surface area contributed by atoms with E-state index in [0.29, 0.717) is 10.4 Å². The molecule has 0 aromatic heterocycles. The molecule has 1 aromatic rings. The summed E-state index contributed by atoms with van der Waals surface area (Å²) in [5.41, 5.74) is 0.967. The first-order valence-electron chi connectivity index (χ1n) is 6.93. The standard InChI is InChI=1S/C15H19BrFNO2/c16-15-12(2-1-3-13(15)17)10-18-8-6-11(7-9-18)4-5-14(19)20/h1-3,11H,4-10H2,(H,19,20). The quantitative estimate of drug-likeness (QED) is 0.886. The highest BCUT2D eigenvalue weighted by molar-refractivity contribution is 9.10. The highest BCUT2D eigenvalue weighted by Crippen LogP contribution is 2.26. The Labute approximate surface area is 126 Å². The van der Waals surface area contributed by atoms with Gasteiger partial charge in [-0.1, -0.05) is 12.1 Å². The van der Waals surface area contributed by atoms with Gasteiger partial charge in [-0.25, -0.2) is 4.39 Å². The van der Waals surface area contributed by atoms with Gasteiger partial charge >= 0.3 is 5.97 Å². The molecule has 0 radical (unpaired) electrons. The van der Waals surface area contributed by atoms with E-state index >= 15 is 0 Å². The number of hydrogen-bond acceptors (Lipinski definition) is 2. The predicted octanol–water partition coefficient (Wildman–Crippen LogP) is 3.67. The van der Waals surface area contributed by atoms with Crippen molar-refractivity contribution in [3.63, 3.8) is 0 Å². The van der Waals surface area contributed by atoms with Crippen LogP contribution < -0.4 is 0 Å². The summed E-state index contributed by atoms with van der Waals surface area (Å²) < 4.78 is 14.0. The van der Waals surface area contributed by atoms with Crippen molar-refractivity contribution < 1.29 is 14.3 Å². The van der Waals surface area contributed by atoms with E-state index in [1.165, 1.54) is 6.07 Å². The van der Waals surface area contributed by atoms with Gasteiger partial charge in [0, 0.05) is 13.0 Å². The van der Waals surface area contributed by atoms with E-state index in [1.54, 1.807) is 6.07 Å². The highest BCUT2D eigenvalue weighted by atomic mass is 79.9. The lowest BCUT2D eigenvalue weighted by Gasteiger charge is -2.32. The predicted molar refractivity (Wildman–Crippen MR) is 79.0 cm³/mol. The average Bonchev–Trinajstić information content (AvgIpc) is 2.43. The number of benzene rings is 1. The molecule has 1 aliphatic rings. The fourth-order valence-corrected chi connectivity index (χ4v) is 3.06. The SMILES string of the molecule is O=C(O)CCC1CCN(Cc2cccc(F)c2Br)CC1. The third kappa shape index (κ3) is 4.28. The van der Waals surface area contributed by atoms with Gasteiger partial charge < -0.3 is 5.11 Å². The number of rotatable bonds is 5. The fraction of sp³-hybridized carbons (Fsp3) is 0.533. The van der Waals surface area contributed by atoms with Crippen molar-refractivity contribution >= 4 is 21.9 Å². The summed E-state index contributed by atoms with van der Waals surface area (Å²) in [6.45, 7) is 2.64. The molecule has 110 valence electrons. The normalized spacial score (nSPS) is 17.3. The number of hydrogen-bond donors (Lipinski definition) is 1. The van der Waals surface area contributed by atoms with Gasteiger partial charge in [0.15, 0.2) is 0 Å². The Balaban J connectivity index is 1.82. The second kappa shape index (κ2) is 7.18. The molecule has 0 aliphatic carbocycles. The Morgan fingerprint density at radius 3 is 2.75 bits per heavy atom. The third-order valence-electron chi connectivity index (χ3n) is 3.90. The molecule has 1 heterocycles. The van der Waals surface area contributed by atoms with E-state index < -0.39 is 5.97 Å². The molecule has 0 amide bonds. The minimum atomic E-state index is -0.712. The summed E-state index contributed by atoms with van der Waals surface area (Å²) in [5, 5.41) is 8.70. The van der Waals surface area contributed by atoms with Gasteiger partial charge in [-0.2, -0.15) is 0 Å². The summed E-state index contributed by atoms with van der Waals surface area (Å²) in [6, 6.07) is 5.12. The van der Waals surface area contributed by atoms with Crippen molar-refractivity contribution in [2.24, 2.45) is 5.92 Å². The number of aliphatic carboxylic acids is 1. The van der Waals surface area contributed by atoms with Crippen molar-refractivity contribution in [1.29, 1.82) is 0 Å². The van der Waals surface area contributed by atoms with Crippen molar-refractivity contribution in [3.05, 3.63) is 34.1 Å². The Kier molecular flexibility index (Phi) is 5.54. The van der Waals surface area contributed by atoms with Crippen LogP contribution in [0, 0.1) is 11.7 Å². The van der Waals surface area contributed by atoms with Crippen LogP contribution in [0.5, 0.6) is 0 Å². The molecule has 0 saturated carbocycles. The summed E-state index contributed by atoms with van der Waals surface area (Å²) >= 11 is 3.29. The number of likely N-dealkylation sites (tertiary alicyclic amines) is 1. The number of piperidine rings is 1. The smallest absolute Gasteiger partial charge is 0.303 e. The first-order chi connectivity index (χ1) is 9.56. The lowest BCUT2D eigenvalue weighted by molar-refractivity contribution is -0.137. The minimum Gasteiger partial charge on any atom is -0.481 e. The Bertz CT molecular complexity index is 473. The molecule has 5 heteroatoms. The molecular formula is C15H19BrFNO2. The van der Waals surface area contributed by atoms with Gasteiger partial charge in [0.05, 0.1) is 4.47 Å². The first kappa shape index (κ1) is 15.4. The zero-order valence-corrected chi connectivity index (χ0v) is 12.9. The van der Waals surface area contributed by atoms with Gasteiger partial charge in [-0.15, -0.1) is 0 Å². The van der Waals surface area contributed by atoms with Crippen LogP contribution in [0.25, 0.3) is 0 Å². The van der Waals surface area contributed by atoms with Crippen molar-refractivity contribution in [2.75, 3.05) is 13.1 Å². The van der Waals surface area contributed by atoms with Crippen LogP contribution in [-0.2, 0) is 11.3 Å². The van der Waals surface area contributed by atoms with Gasteiger partial charge in [-0.05, 0) is 65.8 Å².